The van der Waals surface area contributed by atoms with Gasteiger partial charge in [0.05, 0.1) is 16.7 Å². The van der Waals surface area contributed by atoms with Crippen LogP contribution in [0.4, 0.5) is 0 Å². The average Bonchev–Trinajstić information content (AvgIpc) is 2.95. The predicted molar refractivity (Wildman–Crippen MR) is 99.3 cm³/mol. The number of hydrazone groups is 1. The molecule has 2 N–H and O–H groups in total. The molecule has 0 atom stereocenters. The van der Waals surface area contributed by atoms with E-state index in [0.29, 0.717) is 12.0 Å². The van der Waals surface area contributed by atoms with Crippen LogP contribution in [0.1, 0.15) is 18.9 Å². The Bertz CT molecular complexity index is 755. The molecule has 2 aromatic rings. The van der Waals surface area contributed by atoms with Crippen LogP contribution in [0, 0.1) is 0 Å². The van der Waals surface area contributed by atoms with Crippen molar-refractivity contribution in [1.29, 1.82) is 0 Å². The highest BCUT2D eigenvalue weighted by molar-refractivity contribution is 8.21. The summed E-state index contributed by atoms with van der Waals surface area (Å²) in [7, 11) is 0. The number of nitrogens with zero attached hydrogens (tertiary/aromatic N) is 1. The Morgan fingerprint density at radius 2 is 2.04 bits per heavy atom. The molecule has 6 heteroatoms. The fourth-order valence-electron chi connectivity index (χ4n) is 2.58. The molecule has 0 unspecified atom stereocenters. The molecular weight excluding hydrogens is 328 g/mol. The molecular formula is C17H18N2O2S2. The highest BCUT2D eigenvalue weighted by Gasteiger charge is 2.32. The minimum Gasteiger partial charge on any atom is -0.507 e. The Kier molecular flexibility index (Phi) is 4.82. The van der Waals surface area contributed by atoms with E-state index in [1.54, 1.807) is 6.07 Å². The van der Waals surface area contributed by atoms with Crippen molar-refractivity contribution in [1.82, 2.24) is 5.43 Å². The second-order valence-corrected chi connectivity index (χ2v) is 8.97. The molecule has 23 heavy (non-hydrogen) atoms. The van der Waals surface area contributed by atoms with Gasteiger partial charge in [-0.05, 0) is 23.8 Å². The van der Waals surface area contributed by atoms with Crippen LogP contribution in [0.3, 0.4) is 0 Å². The van der Waals surface area contributed by atoms with E-state index in [2.05, 4.69) is 17.5 Å². The van der Waals surface area contributed by atoms with Crippen molar-refractivity contribution in [3.05, 3.63) is 42.0 Å². The standard InChI is InChI=1S/C17H18N2O2S2/c1-17(22-8-9-23-17)10-16(21)19-18-11-14-13-5-3-2-4-12(13)6-7-15(14)20/h2-7,11,20H,8-10H2,1H3,(H,19,21)/b18-11+. The van der Waals surface area contributed by atoms with E-state index in [4.69, 9.17) is 0 Å². The van der Waals surface area contributed by atoms with E-state index in [-0.39, 0.29) is 15.7 Å². The lowest BCUT2D eigenvalue weighted by molar-refractivity contribution is -0.121. The molecule has 1 amide bonds. The van der Waals surface area contributed by atoms with Gasteiger partial charge in [0.25, 0.3) is 0 Å². The van der Waals surface area contributed by atoms with Crippen molar-refractivity contribution >= 4 is 46.4 Å². The van der Waals surface area contributed by atoms with Gasteiger partial charge in [0.1, 0.15) is 5.75 Å². The molecule has 0 aromatic heterocycles. The number of phenolic OH excluding ortho intramolecular Hbond substituents is 1. The Hall–Kier alpha value is -1.66. The summed E-state index contributed by atoms with van der Waals surface area (Å²) >= 11 is 3.63. The first-order valence-electron chi connectivity index (χ1n) is 7.38. The van der Waals surface area contributed by atoms with E-state index in [1.165, 1.54) is 6.21 Å². The molecule has 1 aliphatic heterocycles. The summed E-state index contributed by atoms with van der Waals surface area (Å²) in [5, 5.41) is 16.0. The van der Waals surface area contributed by atoms with Gasteiger partial charge in [-0.1, -0.05) is 30.3 Å². The summed E-state index contributed by atoms with van der Waals surface area (Å²) in [4.78, 5) is 12.0. The van der Waals surface area contributed by atoms with Crippen molar-refractivity contribution in [3.63, 3.8) is 0 Å². The minimum absolute atomic E-state index is 0.0544. The van der Waals surface area contributed by atoms with Crippen LogP contribution in [0.15, 0.2) is 41.5 Å². The normalized spacial score (nSPS) is 16.9. The fourth-order valence-corrected chi connectivity index (χ4v) is 5.41. The lowest BCUT2D eigenvalue weighted by atomic mass is 10.0. The highest BCUT2D eigenvalue weighted by Crippen LogP contribution is 2.45. The van der Waals surface area contributed by atoms with Crippen LogP contribution in [0.2, 0.25) is 0 Å². The van der Waals surface area contributed by atoms with Crippen LogP contribution in [0.5, 0.6) is 5.75 Å². The highest BCUT2D eigenvalue weighted by atomic mass is 32.2. The zero-order chi connectivity index (χ0) is 16.3. The van der Waals surface area contributed by atoms with Crippen LogP contribution >= 0.6 is 23.5 Å². The van der Waals surface area contributed by atoms with Crippen LogP contribution in [-0.2, 0) is 4.79 Å². The lowest BCUT2D eigenvalue weighted by Crippen LogP contribution is -2.26. The summed E-state index contributed by atoms with van der Waals surface area (Å²) in [5.74, 6) is 2.21. The molecule has 0 radical (unpaired) electrons. The summed E-state index contributed by atoms with van der Waals surface area (Å²) < 4.78 is -0.0544. The zero-order valence-electron chi connectivity index (χ0n) is 12.8. The summed E-state index contributed by atoms with van der Waals surface area (Å²) in [6, 6.07) is 11.2. The number of amides is 1. The zero-order valence-corrected chi connectivity index (χ0v) is 14.4. The second-order valence-electron chi connectivity index (χ2n) is 5.52. The molecule has 0 aliphatic carbocycles. The molecule has 1 aliphatic rings. The maximum Gasteiger partial charge on any atom is 0.242 e. The Morgan fingerprint density at radius 3 is 2.83 bits per heavy atom. The number of hydrogen-bond acceptors (Lipinski definition) is 5. The van der Waals surface area contributed by atoms with Crippen molar-refractivity contribution in [2.75, 3.05) is 11.5 Å². The number of aromatic hydroxyl groups is 1. The molecule has 1 saturated heterocycles. The first-order chi connectivity index (χ1) is 11.1. The maximum atomic E-state index is 12.0. The van der Waals surface area contributed by atoms with Crippen LogP contribution < -0.4 is 5.43 Å². The second kappa shape index (κ2) is 6.84. The largest absolute Gasteiger partial charge is 0.507 e. The third-order valence-electron chi connectivity index (χ3n) is 3.71. The number of phenols is 1. The topological polar surface area (TPSA) is 61.7 Å². The number of carbonyl (C=O) groups excluding carboxylic acids is 1. The smallest absolute Gasteiger partial charge is 0.242 e. The SMILES string of the molecule is CC1(CC(=O)N/N=C/c2c(O)ccc3ccccc23)SCCS1. The van der Waals surface area contributed by atoms with Crippen LogP contribution in [0.25, 0.3) is 10.8 Å². The van der Waals surface area contributed by atoms with E-state index in [9.17, 15) is 9.90 Å². The average molecular weight is 346 g/mol. The van der Waals surface area contributed by atoms with Crippen molar-refractivity contribution in [2.45, 2.75) is 17.4 Å². The van der Waals surface area contributed by atoms with Gasteiger partial charge in [0, 0.05) is 17.1 Å². The Balaban J connectivity index is 1.71. The van der Waals surface area contributed by atoms with Gasteiger partial charge >= 0.3 is 0 Å². The predicted octanol–water partition coefficient (Wildman–Crippen LogP) is 3.58. The number of carbonyl (C=O) groups is 1. The van der Waals surface area contributed by atoms with Gasteiger partial charge in [-0.25, -0.2) is 5.43 Å². The molecule has 0 spiro atoms. The first kappa shape index (κ1) is 16.2. The molecule has 0 saturated carbocycles. The van der Waals surface area contributed by atoms with E-state index < -0.39 is 0 Å². The first-order valence-corrected chi connectivity index (χ1v) is 9.35. The van der Waals surface area contributed by atoms with E-state index >= 15 is 0 Å². The fraction of sp³-hybridized carbons (Fsp3) is 0.294. The van der Waals surface area contributed by atoms with Gasteiger partial charge in [0.15, 0.2) is 0 Å². The minimum atomic E-state index is -0.106. The maximum absolute atomic E-state index is 12.0. The molecule has 3 rings (SSSR count). The number of rotatable bonds is 4. The van der Waals surface area contributed by atoms with Crippen molar-refractivity contribution in [3.8, 4) is 5.75 Å². The summed E-state index contributed by atoms with van der Waals surface area (Å²) in [6.45, 7) is 2.09. The third kappa shape index (κ3) is 3.82. The monoisotopic (exact) mass is 346 g/mol. The molecule has 1 heterocycles. The lowest BCUT2D eigenvalue weighted by Gasteiger charge is -2.19. The van der Waals surface area contributed by atoms with Gasteiger partial charge in [-0.3, -0.25) is 4.79 Å². The Morgan fingerprint density at radius 1 is 1.30 bits per heavy atom. The molecule has 1 fully saturated rings. The van der Waals surface area contributed by atoms with Gasteiger partial charge in [-0.2, -0.15) is 5.10 Å². The third-order valence-corrected chi connectivity index (χ3v) is 7.00. The quantitative estimate of drug-likeness (QED) is 0.656. The molecule has 0 bridgehead atoms. The summed E-state index contributed by atoms with van der Waals surface area (Å²) in [6.07, 6.45) is 1.94. The van der Waals surface area contributed by atoms with Crippen molar-refractivity contribution in [2.24, 2.45) is 5.10 Å². The van der Waals surface area contributed by atoms with Gasteiger partial charge in [0.2, 0.25) is 5.91 Å². The van der Waals surface area contributed by atoms with E-state index in [1.807, 2.05) is 53.9 Å². The van der Waals surface area contributed by atoms with Crippen molar-refractivity contribution < 1.29 is 9.90 Å². The number of hydrogen-bond donors (Lipinski definition) is 2. The van der Waals surface area contributed by atoms with Crippen LogP contribution in [-0.4, -0.2) is 32.8 Å². The Labute approximate surface area is 143 Å². The molecule has 2 aromatic carbocycles. The number of fused-ring (bicyclic) bond motifs is 1. The van der Waals surface area contributed by atoms with Gasteiger partial charge < -0.3 is 5.11 Å². The molecule has 120 valence electrons. The van der Waals surface area contributed by atoms with Gasteiger partial charge in [-0.15, -0.1) is 23.5 Å². The summed E-state index contributed by atoms with van der Waals surface area (Å²) in [5.41, 5.74) is 3.18. The van der Waals surface area contributed by atoms with E-state index in [0.717, 1.165) is 22.3 Å². The number of nitrogens with one attached hydrogen (secondary N) is 1. The molecule has 4 nitrogen and oxygen atoms in total. The number of thioether (sulfide) groups is 2. The number of benzene rings is 2.